The van der Waals surface area contributed by atoms with E-state index in [9.17, 15) is 0 Å². The molecule has 1 aromatic carbocycles. The summed E-state index contributed by atoms with van der Waals surface area (Å²) >= 11 is 7.38. The minimum atomic E-state index is 0.159. The fourth-order valence-corrected chi connectivity index (χ4v) is 2.83. The van der Waals surface area contributed by atoms with Crippen LogP contribution in [0.25, 0.3) is 0 Å². The van der Waals surface area contributed by atoms with Crippen LogP contribution in [0.3, 0.4) is 0 Å². The monoisotopic (exact) mass is 309 g/mol. The molecule has 2 rings (SSSR count). The van der Waals surface area contributed by atoms with E-state index in [-0.39, 0.29) is 11.3 Å². The fraction of sp³-hybridized carbons (Fsp3) is 0.357. The highest BCUT2D eigenvalue weighted by Gasteiger charge is 2.07. The molecule has 0 aliphatic rings. The van der Waals surface area contributed by atoms with Gasteiger partial charge in [-0.05, 0) is 37.9 Å². The summed E-state index contributed by atoms with van der Waals surface area (Å²) in [6, 6.07) is 6.75. The molecule has 0 amide bonds. The minimum absolute atomic E-state index is 0.159. The molecule has 106 valence electrons. The Labute approximate surface area is 128 Å². The molecule has 2 aromatic rings. The molecule has 0 radical (unpaired) electrons. The van der Waals surface area contributed by atoms with Crippen LogP contribution in [0.2, 0.25) is 5.28 Å². The number of nitrogens with zero attached hydrogens (tertiary/aromatic N) is 3. The zero-order chi connectivity index (χ0) is 14.5. The molecule has 0 atom stereocenters. The third-order valence-corrected chi connectivity index (χ3v) is 3.58. The standard InChI is InChI=1S/C14H16ClN3OS/c1-4-19-13-16-12(15)17-14(18-13)20-8-11-6-9(2)5-10(3)7-11/h5-7H,4,8H2,1-3H3. The van der Waals surface area contributed by atoms with Crippen LogP contribution in [0.15, 0.2) is 23.4 Å². The molecule has 0 bridgehead atoms. The number of ether oxygens (including phenoxy) is 1. The predicted octanol–water partition coefficient (Wildman–Crippen LogP) is 3.83. The maximum absolute atomic E-state index is 5.86. The van der Waals surface area contributed by atoms with E-state index in [1.54, 1.807) is 0 Å². The summed E-state index contributed by atoms with van der Waals surface area (Å²) in [5.74, 6) is 0.786. The summed E-state index contributed by atoms with van der Waals surface area (Å²) in [5, 5.41) is 0.735. The molecule has 0 aliphatic carbocycles. The van der Waals surface area contributed by atoms with Crippen molar-refractivity contribution in [3.8, 4) is 6.01 Å². The molecular weight excluding hydrogens is 294 g/mol. The molecule has 0 fully saturated rings. The second-order valence-corrected chi connectivity index (χ2v) is 5.67. The van der Waals surface area contributed by atoms with Crippen molar-refractivity contribution >= 4 is 23.4 Å². The van der Waals surface area contributed by atoms with Crippen molar-refractivity contribution in [2.24, 2.45) is 0 Å². The summed E-state index contributed by atoms with van der Waals surface area (Å²) in [5.41, 5.74) is 3.75. The maximum Gasteiger partial charge on any atom is 0.321 e. The van der Waals surface area contributed by atoms with Gasteiger partial charge in [0, 0.05) is 5.75 Å². The SMILES string of the molecule is CCOc1nc(Cl)nc(SCc2cc(C)cc(C)c2)n1. The van der Waals surface area contributed by atoms with Crippen LogP contribution >= 0.6 is 23.4 Å². The Morgan fingerprint density at radius 2 is 1.80 bits per heavy atom. The number of benzene rings is 1. The van der Waals surface area contributed by atoms with E-state index in [2.05, 4.69) is 47.0 Å². The highest BCUT2D eigenvalue weighted by molar-refractivity contribution is 7.98. The van der Waals surface area contributed by atoms with Crippen LogP contribution in [0, 0.1) is 13.8 Å². The average Bonchev–Trinajstić information content (AvgIpc) is 2.35. The van der Waals surface area contributed by atoms with Crippen LogP contribution in [0.5, 0.6) is 6.01 Å². The van der Waals surface area contributed by atoms with Gasteiger partial charge in [0.05, 0.1) is 6.61 Å². The first kappa shape index (κ1) is 15.1. The lowest BCUT2D eigenvalue weighted by atomic mass is 10.1. The number of hydrogen-bond donors (Lipinski definition) is 0. The first-order valence-corrected chi connectivity index (χ1v) is 7.67. The number of thioether (sulfide) groups is 1. The van der Waals surface area contributed by atoms with Crippen LogP contribution in [0.1, 0.15) is 23.6 Å². The topological polar surface area (TPSA) is 47.9 Å². The zero-order valence-electron chi connectivity index (χ0n) is 11.7. The number of rotatable bonds is 5. The number of aryl methyl sites for hydroxylation is 2. The number of halogens is 1. The molecule has 0 aliphatic heterocycles. The summed E-state index contributed by atoms with van der Waals surface area (Å²) < 4.78 is 5.26. The summed E-state index contributed by atoms with van der Waals surface area (Å²) in [4.78, 5) is 12.2. The Balaban J connectivity index is 2.10. The average molecular weight is 310 g/mol. The van der Waals surface area contributed by atoms with E-state index in [1.165, 1.54) is 28.5 Å². The first-order valence-electron chi connectivity index (χ1n) is 6.31. The molecule has 0 N–H and O–H groups in total. The molecule has 4 nitrogen and oxygen atoms in total. The molecular formula is C14H16ClN3OS. The van der Waals surface area contributed by atoms with Gasteiger partial charge in [-0.3, -0.25) is 0 Å². The van der Waals surface area contributed by atoms with Crippen LogP contribution in [-0.4, -0.2) is 21.6 Å². The summed E-state index contributed by atoms with van der Waals surface area (Å²) in [6.45, 7) is 6.56. The van der Waals surface area contributed by atoms with Gasteiger partial charge in [-0.15, -0.1) is 0 Å². The van der Waals surface area contributed by atoms with Crippen molar-refractivity contribution in [3.05, 3.63) is 40.2 Å². The molecule has 1 aromatic heterocycles. The Bertz CT molecular complexity index is 587. The lowest BCUT2D eigenvalue weighted by molar-refractivity contribution is 0.307. The molecule has 1 heterocycles. The van der Waals surface area contributed by atoms with Gasteiger partial charge in [-0.1, -0.05) is 41.1 Å². The van der Waals surface area contributed by atoms with Gasteiger partial charge in [-0.2, -0.15) is 15.0 Å². The Morgan fingerprint density at radius 1 is 1.10 bits per heavy atom. The predicted molar refractivity (Wildman–Crippen MR) is 81.5 cm³/mol. The number of aromatic nitrogens is 3. The highest BCUT2D eigenvalue weighted by atomic mass is 35.5. The van der Waals surface area contributed by atoms with E-state index in [0.717, 1.165) is 5.75 Å². The lowest BCUT2D eigenvalue weighted by Gasteiger charge is -2.06. The second kappa shape index (κ2) is 6.90. The van der Waals surface area contributed by atoms with Crippen molar-refractivity contribution in [1.82, 2.24) is 15.0 Å². The van der Waals surface area contributed by atoms with E-state index in [4.69, 9.17) is 16.3 Å². The first-order chi connectivity index (χ1) is 9.56. The van der Waals surface area contributed by atoms with Crippen LogP contribution in [0.4, 0.5) is 0 Å². The van der Waals surface area contributed by atoms with Crippen molar-refractivity contribution in [3.63, 3.8) is 0 Å². The quantitative estimate of drug-likeness (QED) is 0.785. The highest BCUT2D eigenvalue weighted by Crippen LogP contribution is 2.23. The molecule has 0 unspecified atom stereocenters. The van der Waals surface area contributed by atoms with Crippen LogP contribution < -0.4 is 4.74 Å². The number of hydrogen-bond acceptors (Lipinski definition) is 5. The van der Waals surface area contributed by atoms with Gasteiger partial charge in [0.25, 0.3) is 0 Å². The minimum Gasteiger partial charge on any atom is -0.464 e. The summed E-state index contributed by atoms with van der Waals surface area (Å²) in [7, 11) is 0. The molecule has 20 heavy (non-hydrogen) atoms. The van der Waals surface area contributed by atoms with Gasteiger partial charge < -0.3 is 4.74 Å². The van der Waals surface area contributed by atoms with E-state index in [0.29, 0.717) is 11.8 Å². The lowest BCUT2D eigenvalue weighted by Crippen LogP contribution is -2.00. The van der Waals surface area contributed by atoms with Crippen molar-refractivity contribution < 1.29 is 4.74 Å². The van der Waals surface area contributed by atoms with Crippen molar-refractivity contribution in [2.45, 2.75) is 31.7 Å². The molecule has 0 spiro atoms. The largest absolute Gasteiger partial charge is 0.464 e. The van der Waals surface area contributed by atoms with Gasteiger partial charge in [0.15, 0.2) is 5.16 Å². The smallest absolute Gasteiger partial charge is 0.321 e. The summed E-state index contributed by atoms with van der Waals surface area (Å²) in [6.07, 6.45) is 0. The van der Waals surface area contributed by atoms with Crippen molar-refractivity contribution in [1.29, 1.82) is 0 Å². The Hall–Kier alpha value is -1.33. The van der Waals surface area contributed by atoms with Gasteiger partial charge >= 0.3 is 6.01 Å². The second-order valence-electron chi connectivity index (χ2n) is 4.39. The van der Waals surface area contributed by atoms with Gasteiger partial charge in [-0.25, -0.2) is 0 Å². The van der Waals surface area contributed by atoms with Gasteiger partial charge in [0.1, 0.15) is 0 Å². The fourth-order valence-electron chi connectivity index (χ4n) is 1.87. The van der Waals surface area contributed by atoms with E-state index < -0.39 is 0 Å². The van der Waals surface area contributed by atoms with Crippen LogP contribution in [-0.2, 0) is 5.75 Å². The molecule has 0 saturated heterocycles. The van der Waals surface area contributed by atoms with Gasteiger partial charge in [0.2, 0.25) is 5.28 Å². The van der Waals surface area contributed by atoms with E-state index in [1.807, 2.05) is 6.92 Å². The van der Waals surface area contributed by atoms with Crippen molar-refractivity contribution in [2.75, 3.05) is 6.61 Å². The Morgan fingerprint density at radius 3 is 2.45 bits per heavy atom. The Kier molecular flexibility index (Phi) is 5.20. The molecule has 6 heteroatoms. The molecule has 0 saturated carbocycles. The third kappa shape index (κ3) is 4.35. The third-order valence-electron chi connectivity index (χ3n) is 2.49. The van der Waals surface area contributed by atoms with E-state index >= 15 is 0 Å². The maximum atomic E-state index is 5.86. The normalized spacial score (nSPS) is 10.6. The zero-order valence-corrected chi connectivity index (χ0v) is 13.3.